The zero-order valence-corrected chi connectivity index (χ0v) is 18.1. The molecule has 2 aromatic heterocycles. The molecule has 0 bridgehead atoms. The highest BCUT2D eigenvalue weighted by Gasteiger charge is 2.07. The number of rotatable bonds is 10. The van der Waals surface area contributed by atoms with Crippen LogP contribution in [0.2, 0.25) is 0 Å². The van der Waals surface area contributed by atoms with E-state index in [1.54, 1.807) is 13.1 Å². The standard InChI is InChI=1S/C25H30N4O/c1-4-15-26-19(3)24(30)9-7-5-6-8-10-25-27-17-23(29-25)21-13-14-22-20(16-21)12-11-18(2)28-22/h4,11-17H,5-10H2,1-3H3,(H,27,29)/b15-4-,26-19?. The number of imidazole rings is 1. The summed E-state index contributed by atoms with van der Waals surface area (Å²) in [6, 6.07) is 10.4. The average Bonchev–Trinajstić information content (AvgIpc) is 3.22. The van der Waals surface area contributed by atoms with E-state index in [0.29, 0.717) is 12.1 Å². The van der Waals surface area contributed by atoms with E-state index >= 15 is 0 Å². The molecule has 0 spiro atoms. The number of carbonyl (C=O) groups excluding carboxylic acids is 1. The van der Waals surface area contributed by atoms with Crippen molar-refractivity contribution in [2.24, 2.45) is 4.99 Å². The molecule has 0 amide bonds. The summed E-state index contributed by atoms with van der Waals surface area (Å²) in [6.07, 6.45) is 11.0. The Morgan fingerprint density at radius 2 is 1.97 bits per heavy atom. The molecule has 156 valence electrons. The Kier molecular flexibility index (Phi) is 7.66. The highest BCUT2D eigenvalue weighted by Crippen LogP contribution is 2.23. The maximum atomic E-state index is 12.0. The van der Waals surface area contributed by atoms with Crippen molar-refractivity contribution in [1.29, 1.82) is 0 Å². The summed E-state index contributed by atoms with van der Waals surface area (Å²) < 4.78 is 0. The molecule has 1 N–H and O–H groups in total. The summed E-state index contributed by atoms with van der Waals surface area (Å²) in [5, 5.41) is 1.13. The molecule has 0 aliphatic rings. The largest absolute Gasteiger partial charge is 0.342 e. The van der Waals surface area contributed by atoms with Gasteiger partial charge < -0.3 is 4.98 Å². The Morgan fingerprint density at radius 1 is 1.13 bits per heavy atom. The number of aromatic amines is 1. The van der Waals surface area contributed by atoms with Crippen LogP contribution in [0.5, 0.6) is 0 Å². The molecule has 1 aromatic carbocycles. The Morgan fingerprint density at radius 3 is 2.80 bits per heavy atom. The first-order valence-corrected chi connectivity index (χ1v) is 10.7. The van der Waals surface area contributed by atoms with Gasteiger partial charge >= 0.3 is 0 Å². The average molecular weight is 403 g/mol. The lowest BCUT2D eigenvalue weighted by molar-refractivity contribution is -0.113. The Hall–Kier alpha value is -3.08. The summed E-state index contributed by atoms with van der Waals surface area (Å²) in [4.78, 5) is 28.6. The predicted molar refractivity (Wildman–Crippen MR) is 124 cm³/mol. The highest BCUT2D eigenvalue weighted by atomic mass is 16.1. The third-order valence-corrected chi connectivity index (χ3v) is 5.16. The number of H-pyrrole nitrogens is 1. The number of pyridine rings is 1. The van der Waals surface area contributed by atoms with Crippen molar-refractivity contribution in [2.45, 2.75) is 59.3 Å². The lowest BCUT2D eigenvalue weighted by atomic mass is 10.1. The zero-order valence-electron chi connectivity index (χ0n) is 18.1. The topological polar surface area (TPSA) is 71.0 Å². The molecule has 0 aliphatic heterocycles. The van der Waals surface area contributed by atoms with E-state index < -0.39 is 0 Å². The second-order valence-corrected chi connectivity index (χ2v) is 7.64. The molecule has 0 saturated carbocycles. The van der Waals surface area contributed by atoms with Gasteiger partial charge in [-0.2, -0.15) is 0 Å². The number of unbranched alkanes of at least 4 members (excludes halogenated alkanes) is 3. The number of fused-ring (bicyclic) bond motifs is 1. The predicted octanol–water partition coefficient (Wildman–Crippen LogP) is 5.99. The molecule has 0 saturated heterocycles. The second-order valence-electron chi connectivity index (χ2n) is 7.64. The monoisotopic (exact) mass is 402 g/mol. The molecule has 0 aliphatic carbocycles. The third-order valence-electron chi connectivity index (χ3n) is 5.16. The molecule has 30 heavy (non-hydrogen) atoms. The van der Waals surface area contributed by atoms with E-state index in [9.17, 15) is 4.79 Å². The minimum Gasteiger partial charge on any atom is -0.342 e. The summed E-state index contributed by atoms with van der Waals surface area (Å²) in [5.74, 6) is 1.15. The fraction of sp³-hybridized carbons (Fsp3) is 0.360. The number of hydrogen-bond donors (Lipinski definition) is 1. The first kappa shape index (κ1) is 21.6. The Balaban J connectivity index is 1.44. The van der Waals surface area contributed by atoms with Crippen molar-refractivity contribution in [3.05, 3.63) is 60.3 Å². The SMILES string of the molecule is C/C=C\N=C(C)C(=O)CCCCCCc1ncc(-c2ccc3nc(C)ccc3c2)[nH]1. The first-order chi connectivity index (χ1) is 14.6. The maximum Gasteiger partial charge on any atom is 0.176 e. The molecule has 0 fully saturated rings. The number of aliphatic imine (C=N–C) groups is 1. The van der Waals surface area contributed by atoms with Crippen molar-refractivity contribution in [1.82, 2.24) is 15.0 Å². The highest BCUT2D eigenvalue weighted by molar-refractivity contribution is 6.39. The number of Topliss-reactive ketones (excluding diaryl/α,β-unsaturated/α-hetero) is 1. The molecular formula is C25H30N4O. The molecule has 3 aromatic rings. The zero-order chi connectivity index (χ0) is 21.3. The second kappa shape index (κ2) is 10.6. The van der Waals surface area contributed by atoms with Gasteiger partial charge in [0.2, 0.25) is 0 Å². The number of ketones is 1. The van der Waals surface area contributed by atoms with E-state index in [-0.39, 0.29) is 5.78 Å². The van der Waals surface area contributed by atoms with E-state index in [1.807, 2.05) is 32.2 Å². The molecule has 0 unspecified atom stereocenters. The third kappa shape index (κ3) is 5.96. The number of benzene rings is 1. The maximum absolute atomic E-state index is 12.0. The quantitative estimate of drug-likeness (QED) is 0.334. The van der Waals surface area contributed by atoms with Gasteiger partial charge in [0.15, 0.2) is 5.78 Å². The van der Waals surface area contributed by atoms with E-state index in [4.69, 9.17) is 0 Å². The van der Waals surface area contributed by atoms with E-state index in [0.717, 1.165) is 65.8 Å². The van der Waals surface area contributed by atoms with Crippen molar-refractivity contribution in [3.8, 4) is 11.3 Å². The van der Waals surface area contributed by atoms with Crippen LogP contribution in [0.25, 0.3) is 22.2 Å². The van der Waals surface area contributed by atoms with Crippen LogP contribution in [0.3, 0.4) is 0 Å². The van der Waals surface area contributed by atoms with Crippen molar-refractivity contribution in [3.63, 3.8) is 0 Å². The van der Waals surface area contributed by atoms with Gasteiger partial charge in [-0.15, -0.1) is 0 Å². The van der Waals surface area contributed by atoms with Crippen LogP contribution in [-0.4, -0.2) is 26.4 Å². The molecule has 0 radical (unpaired) electrons. The van der Waals surface area contributed by atoms with Crippen molar-refractivity contribution >= 4 is 22.4 Å². The van der Waals surface area contributed by atoms with Gasteiger partial charge in [-0.25, -0.2) is 4.98 Å². The van der Waals surface area contributed by atoms with Gasteiger partial charge in [0.05, 0.1) is 23.1 Å². The number of nitrogens with one attached hydrogen (secondary N) is 1. The van der Waals surface area contributed by atoms with Gasteiger partial charge in [0.1, 0.15) is 5.82 Å². The van der Waals surface area contributed by atoms with Gasteiger partial charge in [-0.3, -0.25) is 14.8 Å². The number of aryl methyl sites for hydroxylation is 2. The number of aromatic nitrogens is 3. The van der Waals surface area contributed by atoms with Crippen LogP contribution in [0.1, 0.15) is 57.5 Å². The lowest BCUT2D eigenvalue weighted by Gasteiger charge is -2.03. The van der Waals surface area contributed by atoms with Crippen LogP contribution in [-0.2, 0) is 11.2 Å². The summed E-state index contributed by atoms with van der Waals surface area (Å²) in [5.41, 5.74) is 4.80. The van der Waals surface area contributed by atoms with Crippen molar-refractivity contribution in [2.75, 3.05) is 0 Å². The molecule has 5 nitrogen and oxygen atoms in total. The summed E-state index contributed by atoms with van der Waals surface area (Å²) >= 11 is 0. The lowest BCUT2D eigenvalue weighted by Crippen LogP contribution is -2.09. The number of allylic oxidation sites excluding steroid dienone is 1. The van der Waals surface area contributed by atoms with Crippen LogP contribution >= 0.6 is 0 Å². The number of hydrogen-bond acceptors (Lipinski definition) is 4. The van der Waals surface area contributed by atoms with Crippen LogP contribution in [0, 0.1) is 6.92 Å². The first-order valence-electron chi connectivity index (χ1n) is 10.7. The Bertz CT molecular complexity index is 1060. The molecular weight excluding hydrogens is 372 g/mol. The molecule has 3 rings (SSSR count). The molecule has 2 heterocycles. The fourth-order valence-electron chi connectivity index (χ4n) is 3.40. The minimum absolute atomic E-state index is 0.143. The van der Waals surface area contributed by atoms with Gasteiger partial charge in [0.25, 0.3) is 0 Å². The number of nitrogens with zero attached hydrogens (tertiary/aromatic N) is 3. The van der Waals surface area contributed by atoms with Crippen LogP contribution < -0.4 is 0 Å². The van der Waals surface area contributed by atoms with E-state index in [2.05, 4.69) is 44.2 Å². The van der Waals surface area contributed by atoms with Crippen molar-refractivity contribution < 1.29 is 4.79 Å². The van der Waals surface area contributed by atoms with E-state index in [1.165, 1.54) is 0 Å². The molecule has 5 heteroatoms. The van der Waals surface area contributed by atoms with Crippen LogP contribution in [0.4, 0.5) is 0 Å². The number of carbonyl (C=O) groups is 1. The van der Waals surface area contributed by atoms with Crippen LogP contribution in [0.15, 0.2) is 53.8 Å². The van der Waals surface area contributed by atoms with Gasteiger partial charge in [0, 0.05) is 35.7 Å². The van der Waals surface area contributed by atoms with Gasteiger partial charge in [-0.05, 0) is 51.8 Å². The summed E-state index contributed by atoms with van der Waals surface area (Å²) in [6.45, 7) is 5.68. The minimum atomic E-state index is 0.143. The summed E-state index contributed by atoms with van der Waals surface area (Å²) in [7, 11) is 0. The Labute approximate surface area is 178 Å². The smallest absolute Gasteiger partial charge is 0.176 e. The fourth-order valence-corrected chi connectivity index (χ4v) is 3.40. The molecule has 0 atom stereocenters. The normalized spacial score (nSPS) is 12.2. The van der Waals surface area contributed by atoms with Gasteiger partial charge in [-0.1, -0.05) is 31.1 Å².